The molecular weight excluding hydrogens is 216 g/mol. The summed E-state index contributed by atoms with van der Waals surface area (Å²) in [5, 5.41) is 12.5. The third-order valence-electron chi connectivity index (χ3n) is 3.24. The van der Waals surface area contributed by atoms with Crippen molar-refractivity contribution in [1.82, 2.24) is 10.2 Å². The van der Waals surface area contributed by atoms with E-state index >= 15 is 0 Å². The maximum Gasteiger partial charge on any atom is 0.239 e. The summed E-state index contributed by atoms with van der Waals surface area (Å²) in [4.78, 5) is 14.2. The minimum atomic E-state index is -0.358. The Morgan fingerprint density at radius 1 is 1.29 bits per heavy atom. The van der Waals surface area contributed by atoms with E-state index in [9.17, 15) is 9.90 Å². The van der Waals surface area contributed by atoms with E-state index in [0.29, 0.717) is 13.0 Å². The Bertz CT molecular complexity index is 233. The molecule has 1 heterocycles. The van der Waals surface area contributed by atoms with Gasteiger partial charge < -0.3 is 15.3 Å². The molecule has 0 aromatic carbocycles. The van der Waals surface area contributed by atoms with Gasteiger partial charge in [-0.05, 0) is 19.3 Å². The van der Waals surface area contributed by atoms with E-state index in [1.165, 1.54) is 12.8 Å². The molecule has 4 nitrogen and oxygen atoms in total. The van der Waals surface area contributed by atoms with Crippen molar-refractivity contribution in [3.8, 4) is 0 Å². The lowest BCUT2D eigenvalue weighted by Crippen LogP contribution is -2.44. The fraction of sp³-hybridized carbons (Fsp3) is 0.923. The lowest BCUT2D eigenvalue weighted by atomic mass is 10.1. The number of unbranched alkanes of at least 4 members (excludes halogenated alkanes) is 2. The van der Waals surface area contributed by atoms with Crippen molar-refractivity contribution in [3.63, 3.8) is 0 Å². The SMILES string of the molecule is CCCCCN(CCC)C(=O)[C@@H]1CC(O)CN1. The van der Waals surface area contributed by atoms with Crippen LogP contribution in [0.5, 0.6) is 0 Å². The van der Waals surface area contributed by atoms with Gasteiger partial charge in [0.15, 0.2) is 0 Å². The van der Waals surface area contributed by atoms with Crippen molar-refractivity contribution in [2.75, 3.05) is 19.6 Å². The number of rotatable bonds is 7. The Balaban J connectivity index is 2.42. The second kappa shape index (κ2) is 7.67. The average molecular weight is 242 g/mol. The van der Waals surface area contributed by atoms with Gasteiger partial charge in [-0.2, -0.15) is 0 Å². The molecule has 2 N–H and O–H groups in total. The molecular formula is C13H26N2O2. The number of hydrogen-bond acceptors (Lipinski definition) is 3. The highest BCUT2D eigenvalue weighted by molar-refractivity contribution is 5.82. The van der Waals surface area contributed by atoms with Gasteiger partial charge in [0.1, 0.15) is 0 Å². The predicted molar refractivity (Wildman–Crippen MR) is 68.8 cm³/mol. The standard InChI is InChI=1S/C13H26N2O2/c1-3-5-6-8-15(7-4-2)13(17)12-9-11(16)10-14-12/h11-12,14,16H,3-10H2,1-2H3/t11?,12-/m0/s1. The summed E-state index contributed by atoms with van der Waals surface area (Å²) < 4.78 is 0. The first-order chi connectivity index (χ1) is 8.19. The van der Waals surface area contributed by atoms with E-state index in [4.69, 9.17) is 0 Å². The molecule has 0 bridgehead atoms. The van der Waals surface area contributed by atoms with Crippen LogP contribution < -0.4 is 5.32 Å². The Hall–Kier alpha value is -0.610. The number of carbonyl (C=O) groups is 1. The molecule has 1 unspecified atom stereocenters. The van der Waals surface area contributed by atoms with Crippen LogP contribution in [0.2, 0.25) is 0 Å². The number of aliphatic hydroxyl groups excluding tert-OH is 1. The van der Waals surface area contributed by atoms with Crippen molar-refractivity contribution in [3.05, 3.63) is 0 Å². The molecule has 0 aromatic rings. The number of nitrogens with zero attached hydrogens (tertiary/aromatic N) is 1. The summed E-state index contributed by atoms with van der Waals surface area (Å²) in [5.41, 5.74) is 0. The van der Waals surface area contributed by atoms with Crippen molar-refractivity contribution in [2.24, 2.45) is 0 Å². The molecule has 0 saturated carbocycles. The summed E-state index contributed by atoms with van der Waals surface area (Å²) in [7, 11) is 0. The molecule has 1 aliphatic heterocycles. The van der Waals surface area contributed by atoms with Crippen LogP contribution in [0.25, 0.3) is 0 Å². The average Bonchev–Trinajstić information content (AvgIpc) is 2.74. The van der Waals surface area contributed by atoms with Crippen molar-refractivity contribution in [1.29, 1.82) is 0 Å². The zero-order chi connectivity index (χ0) is 12.7. The Morgan fingerprint density at radius 2 is 2.06 bits per heavy atom. The zero-order valence-corrected chi connectivity index (χ0v) is 11.1. The molecule has 17 heavy (non-hydrogen) atoms. The first kappa shape index (κ1) is 14.5. The van der Waals surface area contributed by atoms with Gasteiger partial charge in [-0.25, -0.2) is 0 Å². The van der Waals surface area contributed by atoms with Crippen LogP contribution in [0, 0.1) is 0 Å². The fourth-order valence-electron chi connectivity index (χ4n) is 2.28. The van der Waals surface area contributed by atoms with Gasteiger partial charge in [0, 0.05) is 19.6 Å². The van der Waals surface area contributed by atoms with Crippen LogP contribution in [0.3, 0.4) is 0 Å². The summed E-state index contributed by atoms with van der Waals surface area (Å²) in [6, 6.07) is -0.168. The van der Waals surface area contributed by atoms with E-state index in [-0.39, 0.29) is 18.1 Å². The summed E-state index contributed by atoms with van der Waals surface area (Å²) >= 11 is 0. The number of β-amino-alcohol motifs (C(OH)–C–C–N with tert-alkyl or cyclic N) is 1. The number of carbonyl (C=O) groups excluding carboxylic acids is 1. The molecule has 1 amide bonds. The number of hydrogen-bond donors (Lipinski definition) is 2. The molecule has 0 aromatic heterocycles. The van der Waals surface area contributed by atoms with Crippen LogP contribution in [0.4, 0.5) is 0 Å². The molecule has 1 rings (SSSR count). The Morgan fingerprint density at radius 3 is 2.59 bits per heavy atom. The van der Waals surface area contributed by atoms with E-state index in [2.05, 4.69) is 19.2 Å². The first-order valence-electron chi connectivity index (χ1n) is 6.89. The smallest absolute Gasteiger partial charge is 0.239 e. The second-order valence-corrected chi connectivity index (χ2v) is 4.88. The quantitative estimate of drug-likeness (QED) is 0.658. The number of nitrogens with one attached hydrogen (secondary N) is 1. The molecule has 1 fully saturated rings. The monoisotopic (exact) mass is 242 g/mol. The number of amides is 1. The van der Waals surface area contributed by atoms with Gasteiger partial charge >= 0.3 is 0 Å². The largest absolute Gasteiger partial charge is 0.392 e. The van der Waals surface area contributed by atoms with Gasteiger partial charge in [0.05, 0.1) is 12.1 Å². The highest BCUT2D eigenvalue weighted by Crippen LogP contribution is 2.11. The molecule has 4 heteroatoms. The van der Waals surface area contributed by atoms with Crippen molar-refractivity contribution < 1.29 is 9.90 Å². The third-order valence-corrected chi connectivity index (χ3v) is 3.24. The second-order valence-electron chi connectivity index (χ2n) is 4.88. The van der Waals surface area contributed by atoms with Gasteiger partial charge in [-0.15, -0.1) is 0 Å². The van der Waals surface area contributed by atoms with Gasteiger partial charge in [-0.3, -0.25) is 4.79 Å². The highest BCUT2D eigenvalue weighted by atomic mass is 16.3. The number of aliphatic hydroxyl groups is 1. The highest BCUT2D eigenvalue weighted by Gasteiger charge is 2.30. The van der Waals surface area contributed by atoms with E-state index in [0.717, 1.165) is 25.9 Å². The lowest BCUT2D eigenvalue weighted by molar-refractivity contribution is -0.133. The van der Waals surface area contributed by atoms with Crippen LogP contribution in [-0.4, -0.2) is 47.7 Å². The maximum absolute atomic E-state index is 12.2. The molecule has 0 radical (unpaired) electrons. The summed E-state index contributed by atoms with van der Waals surface area (Å²) in [5.74, 6) is 0.166. The van der Waals surface area contributed by atoms with Crippen molar-refractivity contribution in [2.45, 2.75) is 58.1 Å². The fourth-order valence-corrected chi connectivity index (χ4v) is 2.28. The van der Waals surface area contributed by atoms with Crippen molar-refractivity contribution >= 4 is 5.91 Å². The Labute approximate surface area is 104 Å². The van der Waals surface area contributed by atoms with Crippen LogP contribution in [0.1, 0.15) is 46.0 Å². The molecule has 2 atom stereocenters. The maximum atomic E-state index is 12.2. The third kappa shape index (κ3) is 4.64. The minimum Gasteiger partial charge on any atom is -0.392 e. The van der Waals surface area contributed by atoms with Gasteiger partial charge in [-0.1, -0.05) is 26.7 Å². The first-order valence-corrected chi connectivity index (χ1v) is 6.89. The lowest BCUT2D eigenvalue weighted by Gasteiger charge is -2.25. The van der Waals surface area contributed by atoms with Gasteiger partial charge in [0.2, 0.25) is 5.91 Å². The van der Waals surface area contributed by atoms with E-state index in [1.54, 1.807) is 0 Å². The van der Waals surface area contributed by atoms with Gasteiger partial charge in [0.25, 0.3) is 0 Å². The zero-order valence-electron chi connectivity index (χ0n) is 11.1. The van der Waals surface area contributed by atoms with Crippen LogP contribution in [-0.2, 0) is 4.79 Å². The minimum absolute atomic E-state index is 0.166. The molecule has 0 aliphatic carbocycles. The normalized spacial score (nSPS) is 23.9. The molecule has 1 aliphatic rings. The summed E-state index contributed by atoms with van der Waals surface area (Å²) in [6.07, 6.45) is 4.63. The van der Waals surface area contributed by atoms with E-state index < -0.39 is 0 Å². The van der Waals surface area contributed by atoms with E-state index in [1.807, 2.05) is 4.90 Å². The van der Waals surface area contributed by atoms with Crippen LogP contribution >= 0.6 is 0 Å². The Kier molecular flexibility index (Phi) is 6.52. The molecule has 0 spiro atoms. The summed E-state index contributed by atoms with van der Waals surface area (Å²) in [6.45, 7) is 6.49. The predicted octanol–water partition coefficient (Wildman–Crippen LogP) is 1.14. The topological polar surface area (TPSA) is 52.6 Å². The molecule has 1 saturated heterocycles. The van der Waals surface area contributed by atoms with Crippen LogP contribution in [0.15, 0.2) is 0 Å². The molecule has 100 valence electrons.